The van der Waals surface area contributed by atoms with Crippen LogP contribution in [0.15, 0.2) is 34.7 Å². The smallest absolute Gasteiger partial charge is 0.311 e. The highest BCUT2D eigenvalue weighted by Crippen LogP contribution is 2.10. The molecule has 2 heterocycles. The number of nitrogens with zero attached hydrogens (tertiary/aromatic N) is 3. The van der Waals surface area contributed by atoms with Gasteiger partial charge in [0.25, 0.3) is 0 Å². The zero-order chi connectivity index (χ0) is 13.8. The van der Waals surface area contributed by atoms with E-state index in [2.05, 4.69) is 10.2 Å². The molecule has 0 spiro atoms. The Bertz CT molecular complexity index is 576. The number of hydrogen-bond acceptors (Lipinski definition) is 5. The van der Waals surface area contributed by atoms with Crippen LogP contribution in [0.4, 0.5) is 0 Å². The van der Waals surface area contributed by atoms with Crippen molar-refractivity contribution in [3.05, 3.63) is 47.7 Å². The minimum absolute atomic E-state index is 0.0535. The van der Waals surface area contributed by atoms with Crippen LogP contribution in [0.5, 0.6) is 0 Å². The lowest BCUT2D eigenvalue weighted by Crippen LogP contribution is -2.40. The zero-order valence-corrected chi connectivity index (χ0v) is 11.0. The molecule has 0 atom stereocenters. The molecule has 0 saturated carbocycles. The molecule has 0 aliphatic carbocycles. The summed E-state index contributed by atoms with van der Waals surface area (Å²) in [4.78, 5) is 13.8. The quantitative estimate of drug-likeness (QED) is 0.838. The Balaban J connectivity index is 1.68. The normalized spacial score (nSPS) is 15.3. The molecule has 1 aliphatic heterocycles. The van der Waals surface area contributed by atoms with E-state index in [1.54, 1.807) is 4.90 Å². The van der Waals surface area contributed by atoms with E-state index in [9.17, 15) is 4.79 Å². The van der Waals surface area contributed by atoms with Crippen molar-refractivity contribution in [1.29, 1.82) is 0 Å². The van der Waals surface area contributed by atoms with Gasteiger partial charge in [0.2, 0.25) is 5.89 Å². The molecular weight excluding hydrogens is 258 g/mol. The van der Waals surface area contributed by atoms with E-state index in [-0.39, 0.29) is 11.8 Å². The van der Waals surface area contributed by atoms with E-state index in [4.69, 9.17) is 9.15 Å². The molecule has 1 saturated heterocycles. The summed E-state index contributed by atoms with van der Waals surface area (Å²) in [5, 5.41) is 7.77. The van der Waals surface area contributed by atoms with Crippen LogP contribution in [-0.4, -0.2) is 47.3 Å². The number of morpholine rings is 1. The summed E-state index contributed by atoms with van der Waals surface area (Å²) in [6.45, 7) is 2.23. The molecule has 6 heteroatoms. The maximum atomic E-state index is 12.1. The van der Waals surface area contributed by atoms with Gasteiger partial charge in [-0.05, 0) is 5.56 Å². The van der Waals surface area contributed by atoms with Gasteiger partial charge in [-0.2, -0.15) is 0 Å². The predicted octanol–water partition coefficient (Wildman–Crippen LogP) is 1.13. The summed E-state index contributed by atoms with van der Waals surface area (Å²) < 4.78 is 10.7. The molecule has 0 bridgehead atoms. The number of hydrogen-bond donors (Lipinski definition) is 0. The molecule has 1 aromatic carbocycles. The van der Waals surface area contributed by atoms with Crippen molar-refractivity contribution in [2.45, 2.75) is 6.42 Å². The van der Waals surface area contributed by atoms with Crippen LogP contribution >= 0.6 is 0 Å². The molecule has 2 aromatic rings. The van der Waals surface area contributed by atoms with Crippen LogP contribution in [0.3, 0.4) is 0 Å². The Morgan fingerprint density at radius 1 is 1.15 bits per heavy atom. The molecule has 1 aliphatic rings. The lowest BCUT2D eigenvalue weighted by molar-refractivity contribution is 0.0276. The maximum absolute atomic E-state index is 12.1. The average Bonchev–Trinajstić information content (AvgIpc) is 2.97. The summed E-state index contributed by atoms with van der Waals surface area (Å²) in [7, 11) is 0. The Hall–Kier alpha value is -2.21. The van der Waals surface area contributed by atoms with Crippen molar-refractivity contribution >= 4 is 5.91 Å². The molecule has 0 unspecified atom stereocenters. The van der Waals surface area contributed by atoms with Crippen molar-refractivity contribution in [3.8, 4) is 0 Å². The van der Waals surface area contributed by atoms with Crippen LogP contribution in [0.2, 0.25) is 0 Å². The molecule has 1 aromatic heterocycles. The second-order valence-electron chi connectivity index (χ2n) is 4.57. The van der Waals surface area contributed by atoms with Gasteiger partial charge in [0.15, 0.2) is 0 Å². The van der Waals surface area contributed by atoms with Crippen molar-refractivity contribution in [3.63, 3.8) is 0 Å². The second-order valence-corrected chi connectivity index (χ2v) is 4.57. The van der Waals surface area contributed by atoms with E-state index in [0.717, 1.165) is 5.56 Å². The number of carbonyl (C=O) groups excluding carboxylic acids is 1. The first kappa shape index (κ1) is 12.8. The van der Waals surface area contributed by atoms with Gasteiger partial charge in [0.1, 0.15) is 0 Å². The first-order valence-electron chi connectivity index (χ1n) is 6.56. The van der Waals surface area contributed by atoms with Gasteiger partial charge in [0.05, 0.1) is 19.6 Å². The maximum Gasteiger partial charge on any atom is 0.311 e. The SMILES string of the molecule is O=C(c1nnc(Cc2ccccc2)o1)N1CCOCC1. The van der Waals surface area contributed by atoms with E-state index in [1.165, 1.54) is 0 Å². The predicted molar refractivity (Wildman–Crippen MR) is 70.3 cm³/mol. The largest absolute Gasteiger partial charge is 0.417 e. The van der Waals surface area contributed by atoms with Gasteiger partial charge in [-0.15, -0.1) is 10.2 Å². The highest BCUT2D eigenvalue weighted by atomic mass is 16.5. The van der Waals surface area contributed by atoms with E-state index >= 15 is 0 Å². The summed E-state index contributed by atoms with van der Waals surface area (Å²) in [6, 6.07) is 9.81. The lowest BCUT2D eigenvalue weighted by Gasteiger charge is -2.25. The Morgan fingerprint density at radius 2 is 1.90 bits per heavy atom. The van der Waals surface area contributed by atoms with Crippen LogP contribution in [-0.2, 0) is 11.2 Å². The highest BCUT2D eigenvalue weighted by Gasteiger charge is 2.23. The molecule has 104 valence electrons. The van der Waals surface area contributed by atoms with Crippen molar-refractivity contribution in [2.24, 2.45) is 0 Å². The van der Waals surface area contributed by atoms with Gasteiger partial charge < -0.3 is 14.1 Å². The fraction of sp³-hybridized carbons (Fsp3) is 0.357. The van der Waals surface area contributed by atoms with Crippen molar-refractivity contribution < 1.29 is 13.9 Å². The van der Waals surface area contributed by atoms with Gasteiger partial charge >= 0.3 is 11.8 Å². The van der Waals surface area contributed by atoms with Crippen molar-refractivity contribution in [1.82, 2.24) is 15.1 Å². The fourth-order valence-electron chi connectivity index (χ4n) is 2.08. The summed E-state index contributed by atoms with van der Waals surface area (Å²) in [5.41, 5.74) is 1.07. The van der Waals surface area contributed by atoms with E-state index in [1.807, 2.05) is 30.3 Å². The van der Waals surface area contributed by atoms with Gasteiger partial charge in [-0.1, -0.05) is 30.3 Å². The zero-order valence-electron chi connectivity index (χ0n) is 11.0. The van der Waals surface area contributed by atoms with Gasteiger partial charge in [0, 0.05) is 13.1 Å². The molecule has 0 radical (unpaired) electrons. The minimum Gasteiger partial charge on any atom is -0.417 e. The topological polar surface area (TPSA) is 68.5 Å². The number of aromatic nitrogens is 2. The molecule has 1 amide bonds. The molecule has 6 nitrogen and oxygen atoms in total. The number of ether oxygens (including phenoxy) is 1. The first-order valence-corrected chi connectivity index (χ1v) is 6.56. The van der Waals surface area contributed by atoms with Crippen LogP contribution in [0.1, 0.15) is 22.1 Å². The van der Waals surface area contributed by atoms with Gasteiger partial charge in [-0.25, -0.2) is 0 Å². The van der Waals surface area contributed by atoms with Crippen LogP contribution in [0.25, 0.3) is 0 Å². The van der Waals surface area contributed by atoms with E-state index in [0.29, 0.717) is 38.6 Å². The molecule has 20 heavy (non-hydrogen) atoms. The third-order valence-corrected chi connectivity index (χ3v) is 3.15. The Morgan fingerprint density at radius 3 is 2.65 bits per heavy atom. The summed E-state index contributed by atoms with van der Waals surface area (Å²) in [5.74, 6) is 0.283. The molecule has 3 rings (SSSR count). The number of rotatable bonds is 3. The second kappa shape index (κ2) is 5.83. The highest BCUT2D eigenvalue weighted by molar-refractivity contribution is 5.89. The Labute approximate surface area is 116 Å². The summed E-state index contributed by atoms with van der Waals surface area (Å²) >= 11 is 0. The third-order valence-electron chi connectivity index (χ3n) is 3.15. The standard InChI is InChI=1S/C14H15N3O3/c18-14(17-6-8-19-9-7-17)13-16-15-12(20-13)10-11-4-2-1-3-5-11/h1-5H,6-10H2. The van der Waals surface area contributed by atoms with Crippen LogP contribution in [0, 0.1) is 0 Å². The molecule has 1 fully saturated rings. The monoisotopic (exact) mass is 273 g/mol. The fourth-order valence-corrected chi connectivity index (χ4v) is 2.08. The van der Waals surface area contributed by atoms with Crippen molar-refractivity contribution in [2.75, 3.05) is 26.3 Å². The number of amides is 1. The summed E-state index contributed by atoms with van der Waals surface area (Å²) in [6.07, 6.45) is 0.532. The van der Waals surface area contributed by atoms with Crippen LogP contribution < -0.4 is 0 Å². The average molecular weight is 273 g/mol. The Kier molecular flexibility index (Phi) is 3.73. The number of carbonyl (C=O) groups is 1. The third kappa shape index (κ3) is 2.85. The number of benzene rings is 1. The minimum atomic E-state index is -0.222. The van der Waals surface area contributed by atoms with Gasteiger partial charge in [-0.3, -0.25) is 4.79 Å². The van der Waals surface area contributed by atoms with E-state index < -0.39 is 0 Å². The molecule has 0 N–H and O–H groups in total. The lowest BCUT2D eigenvalue weighted by atomic mass is 10.2. The molecular formula is C14H15N3O3. The first-order chi connectivity index (χ1) is 9.83.